The Hall–Kier alpha value is -2.70. The van der Waals surface area contributed by atoms with E-state index >= 15 is 0 Å². The van der Waals surface area contributed by atoms with Gasteiger partial charge in [-0.25, -0.2) is 4.98 Å². The molecule has 0 fully saturated rings. The number of hydrogen-bond acceptors (Lipinski definition) is 4. The summed E-state index contributed by atoms with van der Waals surface area (Å²) in [5, 5.41) is 8.04. The van der Waals surface area contributed by atoms with Crippen molar-refractivity contribution in [1.29, 1.82) is 0 Å². The zero-order valence-corrected chi connectivity index (χ0v) is 15.7. The van der Waals surface area contributed by atoms with Gasteiger partial charge >= 0.3 is 0 Å². The minimum atomic E-state index is -0.319. The molecule has 132 valence electrons. The number of nitrogens with one attached hydrogen (secondary N) is 2. The van der Waals surface area contributed by atoms with Crippen LogP contribution >= 0.6 is 22.9 Å². The number of amides is 2. The van der Waals surface area contributed by atoms with Crippen molar-refractivity contribution in [1.82, 2.24) is 4.98 Å². The molecule has 0 bridgehead atoms. The number of carbonyl (C=O) groups is 2. The first kappa shape index (κ1) is 18.1. The Morgan fingerprint density at radius 1 is 1.00 bits per heavy atom. The predicted octanol–water partition coefficient (Wildman–Crippen LogP) is 4.92. The molecule has 0 atom stereocenters. The summed E-state index contributed by atoms with van der Waals surface area (Å²) in [4.78, 5) is 28.7. The lowest BCUT2D eigenvalue weighted by atomic mass is 10.1. The summed E-state index contributed by atoms with van der Waals surface area (Å²) in [5.74, 6) is -0.627. The molecule has 5 nitrogen and oxygen atoms in total. The topological polar surface area (TPSA) is 71.1 Å². The van der Waals surface area contributed by atoms with Gasteiger partial charge in [-0.1, -0.05) is 29.3 Å². The molecule has 0 saturated carbocycles. The fourth-order valence-corrected chi connectivity index (χ4v) is 3.16. The van der Waals surface area contributed by atoms with Crippen LogP contribution in [0.2, 0.25) is 5.02 Å². The number of hydrogen-bond donors (Lipinski definition) is 2. The van der Waals surface area contributed by atoms with Crippen LogP contribution in [0.1, 0.15) is 32.0 Å². The first-order chi connectivity index (χ1) is 12.4. The van der Waals surface area contributed by atoms with Gasteiger partial charge in [-0.3, -0.25) is 14.9 Å². The highest BCUT2D eigenvalue weighted by Crippen LogP contribution is 2.20. The van der Waals surface area contributed by atoms with Gasteiger partial charge in [0.1, 0.15) is 5.69 Å². The summed E-state index contributed by atoms with van der Waals surface area (Å²) in [6.45, 7) is 3.93. The van der Waals surface area contributed by atoms with Gasteiger partial charge in [0.2, 0.25) is 0 Å². The first-order valence-electron chi connectivity index (χ1n) is 7.83. The van der Waals surface area contributed by atoms with Gasteiger partial charge in [-0.05, 0) is 49.7 Å². The van der Waals surface area contributed by atoms with E-state index in [1.807, 2.05) is 32.0 Å². The van der Waals surface area contributed by atoms with Crippen LogP contribution in [0.3, 0.4) is 0 Å². The molecule has 2 amide bonds. The first-order valence-corrected chi connectivity index (χ1v) is 9.09. The van der Waals surface area contributed by atoms with E-state index in [9.17, 15) is 9.59 Å². The van der Waals surface area contributed by atoms with Crippen molar-refractivity contribution >= 4 is 45.6 Å². The summed E-state index contributed by atoms with van der Waals surface area (Å²) in [5.41, 5.74) is 3.55. The van der Waals surface area contributed by atoms with Crippen molar-refractivity contribution in [3.8, 4) is 0 Å². The van der Waals surface area contributed by atoms with E-state index in [2.05, 4.69) is 15.6 Å². The number of aromatic nitrogens is 1. The molecule has 0 spiro atoms. The number of benzene rings is 2. The summed E-state index contributed by atoms with van der Waals surface area (Å²) in [6, 6.07) is 12.3. The number of halogens is 1. The molecule has 0 aliphatic carbocycles. The summed E-state index contributed by atoms with van der Waals surface area (Å²) < 4.78 is 0. The fraction of sp³-hybridized carbons (Fsp3) is 0.105. The fourth-order valence-electron chi connectivity index (χ4n) is 2.35. The van der Waals surface area contributed by atoms with E-state index in [1.54, 1.807) is 29.6 Å². The number of thiazole rings is 1. The third kappa shape index (κ3) is 4.28. The smallest absolute Gasteiger partial charge is 0.275 e. The Kier molecular flexibility index (Phi) is 5.35. The van der Waals surface area contributed by atoms with Crippen LogP contribution in [0.5, 0.6) is 0 Å². The molecule has 3 aromatic rings. The van der Waals surface area contributed by atoms with E-state index < -0.39 is 0 Å². The van der Waals surface area contributed by atoms with Gasteiger partial charge in [-0.15, -0.1) is 11.3 Å². The minimum Gasteiger partial charge on any atom is -0.320 e. The van der Waals surface area contributed by atoms with Crippen molar-refractivity contribution in [2.45, 2.75) is 13.8 Å². The van der Waals surface area contributed by atoms with Crippen molar-refractivity contribution in [3.63, 3.8) is 0 Å². The SMILES string of the molecule is Cc1ccc(NC(=O)c2csc(NC(=O)c3ccc(Cl)cc3)n2)c(C)c1. The van der Waals surface area contributed by atoms with Gasteiger partial charge < -0.3 is 5.32 Å². The third-order valence-corrected chi connectivity index (χ3v) is 4.70. The van der Waals surface area contributed by atoms with E-state index in [4.69, 9.17) is 11.6 Å². The number of aryl methyl sites for hydroxylation is 2. The van der Waals surface area contributed by atoms with Crippen molar-refractivity contribution in [3.05, 3.63) is 75.3 Å². The summed E-state index contributed by atoms with van der Waals surface area (Å²) in [6.07, 6.45) is 0. The molecule has 26 heavy (non-hydrogen) atoms. The van der Waals surface area contributed by atoms with Crippen LogP contribution in [0.25, 0.3) is 0 Å². The third-order valence-electron chi connectivity index (χ3n) is 3.69. The second-order valence-corrected chi connectivity index (χ2v) is 7.07. The van der Waals surface area contributed by atoms with Crippen LogP contribution < -0.4 is 10.6 Å². The zero-order valence-electron chi connectivity index (χ0n) is 14.2. The predicted molar refractivity (Wildman–Crippen MR) is 105 cm³/mol. The molecular weight excluding hydrogens is 370 g/mol. The average Bonchev–Trinajstić information content (AvgIpc) is 3.06. The van der Waals surface area contributed by atoms with Crippen LogP contribution in [-0.4, -0.2) is 16.8 Å². The molecule has 0 aliphatic heterocycles. The second kappa shape index (κ2) is 7.68. The van der Waals surface area contributed by atoms with Crippen LogP contribution in [-0.2, 0) is 0 Å². The quantitative estimate of drug-likeness (QED) is 0.669. The van der Waals surface area contributed by atoms with E-state index in [0.29, 0.717) is 15.7 Å². The molecule has 1 aromatic heterocycles. The second-order valence-electron chi connectivity index (χ2n) is 5.77. The molecule has 0 saturated heterocycles. The Bertz CT molecular complexity index is 967. The number of rotatable bonds is 4. The molecule has 3 rings (SSSR count). The van der Waals surface area contributed by atoms with Crippen LogP contribution in [0, 0.1) is 13.8 Å². The maximum Gasteiger partial charge on any atom is 0.275 e. The monoisotopic (exact) mass is 385 g/mol. The van der Waals surface area contributed by atoms with Gasteiger partial charge in [0.25, 0.3) is 11.8 Å². The van der Waals surface area contributed by atoms with E-state index in [-0.39, 0.29) is 17.5 Å². The van der Waals surface area contributed by atoms with Crippen LogP contribution in [0.15, 0.2) is 47.8 Å². The average molecular weight is 386 g/mol. The standard InChI is InChI=1S/C19H16ClN3O2S/c1-11-3-8-15(12(2)9-11)21-18(25)16-10-26-19(22-16)23-17(24)13-4-6-14(20)7-5-13/h3-10H,1-2H3,(H,21,25)(H,22,23,24). The Labute approximate surface area is 160 Å². The number of nitrogens with zero attached hydrogens (tertiary/aromatic N) is 1. The lowest BCUT2D eigenvalue weighted by Crippen LogP contribution is -2.14. The molecule has 2 aromatic carbocycles. The van der Waals surface area contributed by atoms with E-state index in [0.717, 1.165) is 16.8 Å². The molecule has 2 N–H and O–H groups in total. The lowest BCUT2D eigenvalue weighted by molar-refractivity contribution is 0.101. The Balaban J connectivity index is 1.68. The molecule has 0 radical (unpaired) electrons. The molecular formula is C19H16ClN3O2S. The summed E-state index contributed by atoms with van der Waals surface area (Å²) >= 11 is 7.01. The van der Waals surface area contributed by atoms with Gasteiger partial charge in [0.05, 0.1) is 0 Å². The lowest BCUT2D eigenvalue weighted by Gasteiger charge is -2.07. The Morgan fingerprint density at radius 3 is 2.42 bits per heavy atom. The van der Waals surface area contributed by atoms with Crippen molar-refractivity contribution < 1.29 is 9.59 Å². The zero-order chi connectivity index (χ0) is 18.7. The van der Waals surface area contributed by atoms with Crippen molar-refractivity contribution in [2.24, 2.45) is 0 Å². The number of anilines is 2. The van der Waals surface area contributed by atoms with Gasteiger partial charge in [-0.2, -0.15) is 0 Å². The largest absolute Gasteiger partial charge is 0.320 e. The highest BCUT2D eigenvalue weighted by Gasteiger charge is 2.14. The highest BCUT2D eigenvalue weighted by atomic mass is 35.5. The van der Waals surface area contributed by atoms with Gasteiger partial charge in [0.15, 0.2) is 5.13 Å². The highest BCUT2D eigenvalue weighted by molar-refractivity contribution is 7.14. The van der Waals surface area contributed by atoms with Crippen LogP contribution in [0.4, 0.5) is 10.8 Å². The maximum absolute atomic E-state index is 12.4. The molecule has 1 heterocycles. The molecule has 7 heteroatoms. The minimum absolute atomic E-state index is 0.251. The Morgan fingerprint density at radius 2 is 1.73 bits per heavy atom. The van der Waals surface area contributed by atoms with E-state index in [1.165, 1.54) is 11.3 Å². The maximum atomic E-state index is 12.4. The van der Waals surface area contributed by atoms with Crippen molar-refractivity contribution in [2.75, 3.05) is 10.6 Å². The summed E-state index contributed by atoms with van der Waals surface area (Å²) in [7, 11) is 0. The normalized spacial score (nSPS) is 10.4. The van der Waals surface area contributed by atoms with Gasteiger partial charge in [0, 0.05) is 21.7 Å². The molecule has 0 aliphatic rings. The number of carbonyl (C=O) groups excluding carboxylic acids is 2. The molecule has 0 unspecified atom stereocenters.